The fourth-order valence-electron chi connectivity index (χ4n) is 9.09. The molecule has 4 nitrogen and oxygen atoms in total. The second-order valence-corrected chi connectivity index (χ2v) is 20.6. The van der Waals surface area contributed by atoms with Gasteiger partial charge in [-0.2, -0.15) is 0 Å². The molecule has 0 amide bonds. The molecule has 0 saturated heterocycles. The van der Waals surface area contributed by atoms with Crippen molar-refractivity contribution in [2.24, 2.45) is 0 Å². The van der Waals surface area contributed by atoms with E-state index in [2.05, 4.69) is 0 Å². The number of thiophene rings is 1. The average Bonchev–Trinajstić information content (AvgIpc) is 1.50. The van der Waals surface area contributed by atoms with Gasteiger partial charge in [-0.1, -0.05) is 212 Å². The van der Waals surface area contributed by atoms with Crippen molar-refractivity contribution in [1.29, 1.82) is 0 Å². The lowest BCUT2D eigenvalue weighted by atomic mass is 9.98. The van der Waals surface area contributed by atoms with E-state index < -0.39 is 208 Å². The Labute approximate surface area is 437 Å². The Hall–Kier alpha value is -8.55. The number of hydrogen-bond donors (Lipinski definition) is 0. The molecule has 13 aromatic rings. The molecule has 0 atom stereocenters. The Morgan fingerprint density at radius 2 is 0.899 bits per heavy atom. The number of benzene rings is 10. The molecule has 0 aliphatic heterocycles. The predicted molar refractivity (Wildman–Crippen MR) is 292 cm³/mol. The molecule has 69 heavy (non-hydrogen) atoms. The Morgan fingerprint density at radius 1 is 0.391 bits per heavy atom. The van der Waals surface area contributed by atoms with Crippen molar-refractivity contribution in [3.8, 4) is 51.0 Å². The van der Waals surface area contributed by atoms with E-state index in [-0.39, 0.29) is 31.6 Å². The largest absolute Gasteiger partial charge is 0.309 e. The quantitative estimate of drug-likeness (QED) is 0.107. The predicted octanol–water partition coefficient (Wildman–Crippen LogP) is 13.4. The molecule has 0 unspecified atom stereocenters. The van der Waals surface area contributed by atoms with Gasteiger partial charge in [-0.15, -0.1) is 11.3 Å². The Bertz CT molecular complexity index is 5230. The van der Waals surface area contributed by atoms with Gasteiger partial charge in [0, 0.05) is 47.6 Å². The van der Waals surface area contributed by atoms with Crippen LogP contribution < -0.4 is 20.7 Å². The van der Waals surface area contributed by atoms with Crippen LogP contribution in [-0.2, 0) is 0 Å². The smallest absolute Gasteiger partial charge is 0.179 e. The zero-order chi connectivity index (χ0) is 65.7. The lowest BCUT2D eigenvalue weighted by Crippen LogP contribution is -2.74. The van der Waals surface area contributed by atoms with Gasteiger partial charge in [-0.3, -0.25) is 0 Å². The molecule has 3 aromatic heterocycles. The number of hydrogen-bond acceptors (Lipinski definition) is 4. The first-order chi connectivity index (χ1) is 43.8. The third kappa shape index (κ3) is 6.83. The molecule has 0 aliphatic carbocycles. The normalized spacial score (nSPS) is 16.4. The van der Waals surface area contributed by atoms with Crippen LogP contribution in [-0.4, -0.2) is 27.6 Å². The van der Waals surface area contributed by atoms with Gasteiger partial charge in [-0.05, 0) is 74.2 Å². The number of para-hydroxylation sites is 3. The van der Waals surface area contributed by atoms with Crippen LogP contribution in [0.3, 0.4) is 0 Å². The fourth-order valence-corrected chi connectivity index (χ4v) is 14.9. The van der Waals surface area contributed by atoms with Crippen LogP contribution in [0.15, 0.2) is 254 Å². The molecule has 0 radical (unpaired) electrons. The summed E-state index contributed by atoms with van der Waals surface area (Å²) in [5.41, 5.74) is -3.91. The van der Waals surface area contributed by atoms with E-state index in [0.717, 1.165) is 36.7 Å². The molecule has 3 heterocycles. The lowest BCUT2D eigenvalue weighted by molar-refractivity contribution is 1.06. The maximum absolute atomic E-state index is 10.2. The van der Waals surface area contributed by atoms with Crippen LogP contribution in [0.1, 0.15) is 31.5 Å². The van der Waals surface area contributed by atoms with Gasteiger partial charge in [0.1, 0.15) is 0 Å². The molecule has 0 N–H and O–H groups in total. The summed E-state index contributed by atoms with van der Waals surface area (Å²) in [6.07, 6.45) is 0. The monoisotopic (exact) mass is 937 g/mol. The number of aromatic nitrogens is 4. The summed E-state index contributed by atoms with van der Waals surface area (Å²) in [5, 5.41) is 2.34. The molecule has 0 saturated carbocycles. The summed E-state index contributed by atoms with van der Waals surface area (Å²) >= 11 is 0.727. The van der Waals surface area contributed by atoms with Gasteiger partial charge >= 0.3 is 0 Å². The highest BCUT2D eigenvalue weighted by Crippen LogP contribution is 2.41. The fraction of sp³-hybridized carbons (Fsp3) is 0. The summed E-state index contributed by atoms with van der Waals surface area (Å²) in [4.78, 5) is 14.7. The van der Waals surface area contributed by atoms with E-state index >= 15 is 0 Å². The molecule has 10 aromatic carbocycles. The maximum atomic E-state index is 10.2. The summed E-state index contributed by atoms with van der Waals surface area (Å²) in [6, 6.07) is 18.7. The van der Waals surface area contributed by atoms with E-state index in [1.165, 1.54) is 0 Å². The first-order valence-corrected chi connectivity index (χ1v) is 24.3. The highest BCUT2D eigenvalue weighted by Gasteiger charge is 2.41. The molecule has 0 fully saturated rings. The van der Waals surface area contributed by atoms with Crippen molar-refractivity contribution in [3.05, 3.63) is 254 Å². The van der Waals surface area contributed by atoms with Gasteiger partial charge in [0.2, 0.25) is 0 Å². The zero-order valence-corrected chi connectivity index (χ0v) is 37.5. The van der Waals surface area contributed by atoms with E-state index in [1.807, 2.05) is 103 Å². The van der Waals surface area contributed by atoms with Gasteiger partial charge in [-0.25, -0.2) is 15.0 Å². The SMILES string of the molecule is [2H]c1c([2H])c(-c2nc(-c3cccc([Si](c4ccccc4)(c4ccccc4)c4ccccc4)c3)nc(-c3c([2H])c([2H])c([2H])c([2H])c3-n3c4c([2H])c([2H])c([2H])c([2H])c4c4c([2H])c([2H])c([2H])c([2H])c43)n2)c([2H])c(-c2c([2H])c([2H])c([2H])c3sc4c([2H])c([2H])c([2H])c([2H])c4c23)c1[2H]. The summed E-state index contributed by atoms with van der Waals surface area (Å²) in [7, 11) is -3.42. The first kappa shape index (κ1) is 23.4. The summed E-state index contributed by atoms with van der Waals surface area (Å²) in [6.45, 7) is 0. The molecular formula is C63H42N4SSi. The summed E-state index contributed by atoms with van der Waals surface area (Å²) < 4.78 is 212. The minimum absolute atomic E-state index is 0.0716. The lowest BCUT2D eigenvalue weighted by Gasteiger charge is -2.34. The van der Waals surface area contributed by atoms with Crippen molar-refractivity contribution in [2.75, 3.05) is 0 Å². The van der Waals surface area contributed by atoms with Crippen molar-refractivity contribution in [3.63, 3.8) is 0 Å². The van der Waals surface area contributed by atoms with E-state index in [4.69, 9.17) is 30.0 Å². The van der Waals surface area contributed by atoms with Gasteiger partial charge < -0.3 is 4.57 Å². The van der Waals surface area contributed by atoms with E-state index in [1.54, 1.807) is 12.1 Å². The van der Waals surface area contributed by atoms with Crippen LogP contribution in [0, 0.1) is 0 Å². The van der Waals surface area contributed by atoms with Crippen molar-refractivity contribution in [2.45, 2.75) is 0 Å². The van der Waals surface area contributed by atoms with Gasteiger partial charge in [0.25, 0.3) is 0 Å². The van der Waals surface area contributed by atoms with E-state index in [9.17, 15) is 16.4 Å². The third-order valence-electron chi connectivity index (χ3n) is 12.0. The molecule has 0 aliphatic rings. The van der Waals surface area contributed by atoms with Crippen molar-refractivity contribution < 1.29 is 31.5 Å². The first-order valence-electron chi connectivity index (χ1n) is 33.0. The Kier molecular flexibility index (Phi) is 5.76. The second kappa shape index (κ2) is 17.0. The molecule has 13 rings (SSSR count). The van der Waals surface area contributed by atoms with Crippen molar-refractivity contribution >= 4 is 82.1 Å². The Balaban J connectivity index is 1.20. The Morgan fingerprint density at radius 3 is 1.58 bits per heavy atom. The summed E-state index contributed by atoms with van der Waals surface area (Å²) in [5.74, 6) is -1.64. The van der Waals surface area contributed by atoms with Crippen LogP contribution in [0.5, 0.6) is 0 Å². The number of fused-ring (bicyclic) bond motifs is 6. The van der Waals surface area contributed by atoms with Gasteiger partial charge in [0.05, 0.1) is 48.2 Å². The molecule has 324 valence electrons. The second-order valence-electron chi connectivity index (χ2n) is 15.8. The third-order valence-corrected chi connectivity index (χ3v) is 17.8. The van der Waals surface area contributed by atoms with Crippen LogP contribution in [0.2, 0.25) is 0 Å². The number of nitrogens with zero attached hydrogens (tertiary/aromatic N) is 4. The zero-order valence-electron chi connectivity index (χ0n) is 58.7. The molecular weight excluding hydrogens is 873 g/mol. The topological polar surface area (TPSA) is 43.6 Å². The van der Waals surface area contributed by atoms with Crippen LogP contribution >= 0.6 is 11.3 Å². The minimum Gasteiger partial charge on any atom is -0.309 e. The van der Waals surface area contributed by atoms with Crippen LogP contribution in [0.25, 0.3) is 93.0 Å². The van der Waals surface area contributed by atoms with Crippen molar-refractivity contribution in [1.82, 2.24) is 19.5 Å². The van der Waals surface area contributed by atoms with Crippen LogP contribution in [0.4, 0.5) is 0 Å². The average molecular weight is 938 g/mol. The highest BCUT2D eigenvalue weighted by molar-refractivity contribution is 7.26. The standard InChI is InChI=1S/C63H42N4SSi/c1-4-24-46(25-5-1)69(47-26-6-2-7-27-47,48-28-8-3-9-29-48)49-30-19-23-45(42-49)62-64-61(44-22-18-21-43(41-44)50-35-20-40-59-60(50)54-34-13-17-39-58(54)68-59)65-63(66-62)53-33-12-16-38-57(53)67-55-36-14-10-31-51(55)52-32-11-15-37-56(52)67/h1-42H/i10D,11D,12D,13D,14D,15D,16D,17D,18D,20D,21D,22D,31D,32D,33D,34D,35D,36D,37D,38D,39D,40D,41D. The minimum atomic E-state index is -3.42. The highest BCUT2D eigenvalue weighted by atomic mass is 32.1. The number of rotatable bonds is 9. The molecule has 0 bridgehead atoms. The van der Waals surface area contributed by atoms with Gasteiger partial charge in [0.15, 0.2) is 25.5 Å². The van der Waals surface area contributed by atoms with E-state index in [0.29, 0.717) is 0 Å². The molecule has 0 spiro atoms. The molecule has 6 heteroatoms. The maximum Gasteiger partial charge on any atom is 0.179 e.